The smallest absolute Gasteiger partial charge is 0.274 e. The van der Waals surface area contributed by atoms with Crippen molar-refractivity contribution in [3.63, 3.8) is 0 Å². The molecule has 0 aliphatic carbocycles. The van der Waals surface area contributed by atoms with Gasteiger partial charge in [-0.1, -0.05) is 6.92 Å². The van der Waals surface area contributed by atoms with Crippen LogP contribution in [0.3, 0.4) is 0 Å². The number of carbonyl (C=O) groups excluding carboxylic acids is 1. The zero-order chi connectivity index (χ0) is 14.8. The van der Waals surface area contributed by atoms with Crippen LogP contribution < -0.4 is 4.74 Å². The number of ether oxygens (including phenoxy) is 1. The van der Waals surface area contributed by atoms with Crippen LogP contribution in [-0.2, 0) is 0 Å². The standard InChI is InChI=1S/C14H19N5O2/c1-3-17-6-8-18(9-7-17)14(20)11-10-19-12(15-11)4-5-13(16-19)21-2/h4-5,10H,3,6-9H2,1-2H3. The molecule has 1 aliphatic rings. The Hall–Kier alpha value is -2.15. The van der Waals surface area contributed by atoms with E-state index in [0.29, 0.717) is 17.2 Å². The van der Waals surface area contributed by atoms with E-state index < -0.39 is 0 Å². The fourth-order valence-electron chi connectivity index (χ4n) is 2.51. The number of amides is 1. The Morgan fingerprint density at radius 2 is 2.05 bits per heavy atom. The highest BCUT2D eigenvalue weighted by molar-refractivity contribution is 5.93. The monoisotopic (exact) mass is 289 g/mol. The molecule has 3 heterocycles. The molecule has 21 heavy (non-hydrogen) atoms. The Labute approximate surface area is 123 Å². The first-order valence-electron chi connectivity index (χ1n) is 7.13. The van der Waals surface area contributed by atoms with Crippen molar-refractivity contribution in [1.29, 1.82) is 0 Å². The van der Waals surface area contributed by atoms with Crippen LogP contribution >= 0.6 is 0 Å². The van der Waals surface area contributed by atoms with Crippen molar-refractivity contribution in [1.82, 2.24) is 24.4 Å². The Morgan fingerprint density at radius 3 is 2.71 bits per heavy atom. The van der Waals surface area contributed by atoms with Crippen LogP contribution in [0.5, 0.6) is 5.88 Å². The fraction of sp³-hybridized carbons (Fsp3) is 0.500. The number of likely N-dealkylation sites (N-methyl/N-ethyl adjacent to an activating group) is 1. The van der Waals surface area contributed by atoms with Crippen molar-refractivity contribution in [2.45, 2.75) is 6.92 Å². The summed E-state index contributed by atoms with van der Waals surface area (Å²) in [6.45, 7) is 6.50. The lowest BCUT2D eigenvalue weighted by Gasteiger charge is -2.33. The van der Waals surface area contributed by atoms with Crippen molar-refractivity contribution in [3.8, 4) is 5.88 Å². The second-order valence-corrected chi connectivity index (χ2v) is 5.03. The van der Waals surface area contributed by atoms with Gasteiger partial charge in [-0.3, -0.25) is 4.79 Å². The number of aromatic nitrogens is 3. The molecule has 1 amide bonds. The molecule has 3 rings (SSSR count). The highest BCUT2D eigenvalue weighted by Crippen LogP contribution is 2.12. The largest absolute Gasteiger partial charge is 0.480 e. The van der Waals surface area contributed by atoms with Crippen molar-refractivity contribution in [3.05, 3.63) is 24.0 Å². The molecule has 0 spiro atoms. The Bertz CT molecular complexity index is 646. The second-order valence-electron chi connectivity index (χ2n) is 5.03. The summed E-state index contributed by atoms with van der Waals surface area (Å²) in [4.78, 5) is 21.0. The lowest BCUT2D eigenvalue weighted by molar-refractivity contribution is 0.0638. The number of carbonyl (C=O) groups is 1. The highest BCUT2D eigenvalue weighted by Gasteiger charge is 2.23. The minimum absolute atomic E-state index is 0.0322. The number of methoxy groups -OCH3 is 1. The van der Waals surface area contributed by atoms with Crippen LogP contribution in [0.15, 0.2) is 18.3 Å². The van der Waals surface area contributed by atoms with Gasteiger partial charge in [0.2, 0.25) is 5.88 Å². The van der Waals surface area contributed by atoms with E-state index in [9.17, 15) is 4.79 Å². The predicted molar refractivity (Wildman–Crippen MR) is 77.6 cm³/mol. The minimum Gasteiger partial charge on any atom is -0.480 e. The SMILES string of the molecule is CCN1CCN(C(=O)c2cn3nc(OC)ccc3n2)CC1. The van der Waals surface area contributed by atoms with E-state index in [-0.39, 0.29) is 5.91 Å². The summed E-state index contributed by atoms with van der Waals surface area (Å²) in [5.74, 6) is 0.464. The number of hydrogen-bond acceptors (Lipinski definition) is 5. The maximum atomic E-state index is 12.5. The molecule has 112 valence electrons. The van der Waals surface area contributed by atoms with Gasteiger partial charge in [0, 0.05) is 32.2 Å². The molecule has 2 aromatic rings. The lowest BCUT2D eigenvalue weighted by Crippen LogP contribution is -2.48. The number of hydrogen-bond donors (Lipinski definition) is 0. The van der Waals surface area contributed by atoms with Gasteiger partial charge < -0.3 is 14.5 Å². The van der Waals surface area contributed by atoms with Gasteiger partial charge in [0.05, 0.1) is 13.3 Å². The molecule has 0 bridgehead atoms. The summed E-state index contributed by atoms with van der Waals surface area (Å²) in [6, 6.07) is 3.52. The van der Waals surface area contributed by atoms with E-state index in [2.05, 4.69) is 21.9 Å². The number of imidazole rings is 1. The number of piperazine rings is 1. The van der Waals surface area contributed by atoms with Crippen molar-refractivity contribution in [2.24, 2.45) is 0 Å². The zero-order valence-corrected chi connectivity index (χ0v) is 12.3. The summed E-state index contributed by atoms with van der Waals surface area (Å²) >= 11 is 0. The Balaban J connectivity index is 1.78. The third-order valence-electron chi connectivity index (χ3n) is 3.83. The summed E-state index contributed by atoms with van der Waals surface area (Å²) in [5, 5.41) is 4.22. The third kappa shape index (κ3) is 2.69. The van der Waals surface area contributed by atoms with Crippen molar-refractivity contribution < 1.29 is 9.53 Å². The molecule has 7 nitrogen and oxygen atoms in total. The molecule has 1 saturated heterocycles. The molecule has 0 radical (unpaired) electrons. The van der Waals surface area contributed by atoms with E-state index in [4.69, 9.17) is 4.74 Å². The van der Waals surface area contributed by atoms with Crippen molar-refractivity contribution >= 4 is 11.6 Å². The van der Waals surface area contributed by atoms with Gasteiger partial charge >= 0.3 is 0 Å². The third-order valence-corrected chi connectivity index (χ3v) is 3.83. The molecule has 0 saturated carbocycles. The average Bonchev–Trinajstić information content (AvgIpc) is 2.97. The van der Waals surface area contributed by atoms with Gasteiger partial charge in [-0.2, -0.15) is 0 Å². The molecule has 7 heteroatoms. The van der Waals surface area contributed by atoms with Gasteiger partial charge in [0.25, 0.3) is 5.91 Å². The van der Waals surface area contributed by atoms with Gasteiger partial charge in [0.15, 0.2) is 5.65 Å². The molecule has 0 aromatic carbocycles. The summed E-state index contributed by atoms with van der Waals surface area (Å²) in [5.41, 5.74) is 1.08. The van der Waals surface area contributed by atoms with Gasteiger partial charge in [0.1, 0.15) is 5.69 Å². The first-order chi connectivity index (χ1) is 10.2. The second kappa shape index (κ2) is 5.69. The lowest BCUT2D eigenvalue weighted by atomic mass is 10.3. The molecule has 1 aliphatic heterocycles. The maximum absolute atomic E-state index is 12.5. The van der Waals surface area contributed by atoms with Crippen LogP contribution in [0.4, 0.5) is 0 Å². The number of fused-ring (bicyclic) bond motifs is 1. The minimum atomic E-state index is -0.0322. The first kappa shape index (κ1) is 13.8. The molecular weight excluding hydrogens is 270 g/mol. The van der Waals surface area contributed by atoms with Gasteiger partial charge in [-0.25, -0.2) is 9.50 Å². The molecule has 0 atom stereocenters. The summed E-state index contributed by atoms with van der Waals surface area (Å²) in [7, 11) is 1.56. The van der Waals surface area contributed by atoms with Crippen LogP contribution in [-0.4, -0.2) is 70.1 Å². The Morgan fingerprint density at radius 1 is 1.29 bits per heavy atom. The molecule has 0 unspecified atom stereocenters. The highest BCUT2D eigenvalue weighted by atomic mass is 16.5. The summed E-state index contributed by atoms with van der Waals surface area (Å²) < 4.78 is 6.65. The fourth-order valence-corrected chi connectivity index (χ4v) is 2.51. The topological polar surface area (TPSA) is 63.0 Å². The number of nitrogens with zero attached hydrogens (tertiary/aromatic N) is 5. The first-order valence-corrected chi connectivity index (χ1v) is 7.13. The Kier molecular flexibility index (Phi) is 3.74. The van der Waals surface area contributed by atoms with E-state index >= 15 is 0 Å². The van der Waals surface area contributed by atoms with Crippen LogP contribution in [0.25, 0.3) is 5.65 Å². The van der Waals surface area contributed by atoms with Gasteiger partial charge in [-0.05, 0) is 12.6 Å². The summed E-state index contributed by atoms with van der Waals surface area (Å²) in [6.07, 6.45) is 1.66. The molecule has 1 fully saturated rings. The maximum Gasteiger partial charge on any atom is 0.274 e. The van der Waals surface area contributed by atoms with E-state index in [1.54, 1.807) is 30.0 Å². The van der Waals surface area contributed by atoms with Crippen LogP contribution in [0.2, 0.25) is 0 Å². The molecular formula is C14H19N5O2. The predicted octanol–water partition coefficient (Wildman–Crippen LogP) is 0.516. The molecule has 0 N–H and O–H groups in total. The van der Waals surface area contributed by atoms with E-state index in [1.807, 2.05) is 4.90 Å². The van der Waals surface area contributed by atoms with Gasteiger partial charge in [-0.15, -0.1) is 5.10 Å². The van der Waals surface area contributed by atoms with E-state index in [1.165, 1.54) is 0 Å². The van der Waals surface area contributed by atoms with Crippen LogP contribution in [0, 0.1) is 0 Å². The van der Waals surface area contributed by atoms with E-state index in [0.717, 1.165) is 32.7 Å². The van der Waals surface area contributed by atoms with Crippen LogP contribution in [0.1, 0.15) is 17.4 Å². The number of rotatable bonds is 3. The van der Waals surface area contributed by atoms with Crippen molar-refractivity contribution in [2.75, 3.05) is 39.8 Å². The average molecular weight is 289 g/mol. The quantitative estimate of drug-likeness (QED) is 0.824. The zero-order valence-electron chi connectivity index (χ0n) is 12.3. The normalized spacial score (nSPS) is 16.4. The molecule has 2 aromatic heterocycles.